The molecule has 140 valence electrons. The molecule has 3 rings (SSSR count). The molecule has 2 saturated heterocycles. The highest BCUT2D eigenvalue weighted by Crippen LogP contribution is 2.43. The fourth-order valence-electron chi connectivity index (χ4n) is 3.44. The highest BCUT2D eigenvalue weighted by atomic mass is 16.6. The van der Waals surface area contributed by atoms with Crippen molar-refractivity contribution >= 4 is 0 Å². The lowest BCUT2D eigenvalue weighted by Crippen LogP contribution is -2.55. The lowest BCUT2D eigenvalue weighted by Gasteiger charge is -2.37. The van der Waals surface area contributed by atoms with Gasteiger partial charge in [-0.15, -0.1) is 0 Å². The van der Waals surface area contributed by atoms with Gasteiger partial charge < -0.3 is 35.0 Å². The van der Waals surface area contributed by atoms with Gasteiger partial charge in [-0.25, -0.2) is 4.79 Å². The average molecular weight is 360 g/mol. The third-order valence-corrected chi connectivity index (χ3v) is 4.68. The van der Waals surface area contributed by atoms with Crippen LogP contribution in [0.25, 0.3) is 0 Å². The van der Waals surface area contributed by atoms with E-state index in [1.165, 1.54) is 0 Å². The van der Waals surface area contributed by atoms with Crippen LogP contribution in [0.5, 0.6) is 0 Å². The Kier molecular flexibility index (Phi) is 4.81. The van der Waals surface area contributed by atoms with Crippen LogP contribution in [0.2, 0.25) is 0 Å². The Labute approximate surface area is 140 Å². The van der Waals surface area contributed by atoms with Crippen LogP contribution in [0.3, 0.4) is 0 Å². The second-order valence-electron chi connectivity index (χ2n) is 6.19. The summed E-state index contributed by atoms with van der Waals surface area (Å²) < 4.78 is 12.1. The highest BCUT2D eigenvalue weighted by molar-refractivity contribution is 5.06. The summed E-state index contributed by atoms with van der Waals surface area (Å²) in [6.45, 7) is -1.15. The molecule has 11 nitrogen and oxygen atoms in total. The monoisotopic (exact) mass is 360 g/mol. The minimum atomic E-state index is -1.79. The van der Waals surface area contributed by atoms with Crippen LogP contribution in [0.1, 0.15) is 6.42 Å². The minimum absolute atomic E-state index is 0.253. The zero-order valence-corrected chi connectivity index (χ0v) is 13.1. The fraction of sp³-hybridized carbons (Fsp3) is 0.714. The van der Waals surface area contributed by atoms with E-state index in [0.717, 1.165) is 16.8 Å². The molecule has 2 aliphatic rings. The van der Waals surface area contributed by atoms with Crippen molar-refractivity contribution in [3.8, 4) is 0 Å². The van der Waals surface area contributed by atoms with Crippen molar-refractivity contribution in [1.29, 1.82) is 0 Å². The van der Waals surface area contributed by atoms with Crippen molar-refractivity contribution in [3.63, 3.8) is 0 Å². The quantitative estimate of drug-likeness (QED) is 0.311. The van der Waals surface area contributed by atoms with E-state index in [1.54, 1.807) is 0 Å². The first-order valence-electron chi connectivity index (χ1n) is 7.75. The van der Waals surface area contributed by atoms with Gasteiger partial charge >= 0.3 is 5.69 Å². The van der Waals surface area contributed by atoms with Gasteiger partial charge in [-0.3, -0.25) is 14.3 Å². The number of rotatable bonds is 4. The zero-order valence-electron chi connectivity index (χ0n) is 13.1. The Hall–Kier alpha value is -1.60. The SMILES string of the molecule is O=c1ccn([C@@]2(C3O[C@H](CO)[C@@H](O)[C@@H]3O)C[C@H](O)[C@@H](CO)O2)c(=O)[nH]1. The van der Waals surface area contributed by atoms with E-state index in [4.69, 9.17) is 9.47 Å². The van der Waals surface area contributed by atoms with Gasteiger partial charge in [0.2, 0.25) is 0 Å². The van der Waals surface area contributed by atoms with Crippen molar-refractivity contribution in [1.82, 2.24) is 9.55 Å². The van der Waals surface area contributed by atoms with E-state index in [0.29, 0.717) is 0 Å². The third-order valence-electron chi connectivity index (χ3n) is 4.68. The Morgan fingerprint density at radius 3 is 2.36 bits per heavy atom. The molecule has 6 N–H and O–H groups in total. The Morgan fingerprint density at radius 2 is 1.84 bits per heavy atom. The first kappa shape index (κ1) is 18.2. The summed E-state index contributed by atoms with van der Waals surface area (Å²) >= 11 is 0. The van der Waals surface area contributed by atoms with Gasteiger partial charge in [0.15, 0.2) is 5.72 Å². The summed E-state index contributed by atoms with van der Waals surface area (Å²) in [5.41, 5.74) is -3.33. The van der Waals surface area contributed by atoms with E-state index in [9.17, 15) is 35.1 Å². The largest absolute Gasteiger partial charge is 0.394 e. The van der Waals surface area contributed by atoms with E-state index in [1.807, 2.05) is 4.98 Å². The number of aromatic nitrogens is 2. The molecule has 25 heavy (non-hydrogen) atoms. The second-order valence-corrected chi connectivity index (χ2v) is 6.19. The van der Waals surface area contributed by atoms with Gasteiger partial charge in [-0.05, 0) is 0 Å². The molecule has 1 aromatic rings. The number of aromatic amines is 1. The molecule has 1 unspecified atom stereocenters. The maximum atomic E-state index is 12.3. The summed E-state index contributed by atoms with van der Waals surface area (Å²) in [6.07, 6.45) is -6.84. The predicted octanol–water partition coefficient (Wildman–Crippen LogP) is -4.19. The molecular weight excluding hydrogens is 340 g/mol. The number of hydrogen-bond acceptors (Lipinski definition) is 9. The predicted molar refractivity (Wildman–Crippen MR) is 79.6 cm³/mol. The van der Waals surface area contributed by atoms with Crippen LogP contribution in [0.4, 0.5) is 0 Å². The van der Waals surface area contributed by atoms with Crippen molar-refractivity contribution in [3.05, 3.63) is 33.1 Å². The average Bonchev–Trinajstić information content (AvgIpc) is 3.06. The maximum Gasteiger partial charge on any atom is 0.330 e. The van der Waals surface area contributed by atoms with Crippen LogP contribution >= 0.6 is 0 Å². The van der Waals surface area contributed by atoms with Crippen LogP contribution in [0, 0.1) is 0 Å². The van der Waals surface area contributed by atoms with E-state index >= 15 is 0 Å². The number of aliphatic hydroxyl groups excluding tert-OH is 5. The fourth-order valence-corrected chi connectivity index (χ4v) is 3.44. The van der Waals surface area contributed by atoms with Crippen molar-refractivity contribution < 1.29 is 35.0 Å². The molecule has 2 aliphatic heterocycles. The Balaban J connectivity index is 2.11. The van der Waals surface area contributed by atoms with Crippen LogP contribution in [0.15, 0.2) is 21.9 Å². The van der Waals surface area contributed by atoms with Crippen molar-refractivity contribution in [2.75, 3.05) is 13.2 Å². The molecule has 0 aromatic carbocycles. The van der Waals surface area contributed by atoms with Crippen molar-refractivity contribution in [2.45, 2.75) is 48.8 Å². The number of nitrogens with one attached hydrogen (secondary N) is 1. The lowest BCUT2D eigenvalue weighted by atomic mass is 9.94. The van der Waals surface area contributed by atoms with Gasteiger partial charge in [0.25, 0.3) is 5.56 Å². The second kappa shape index (κ2) is 6.61. The normalized spacial score (nSPS) is 41.3. The number of H-pyrrole nitrogens is 1. The molecule has 0 amide bonds. The summed E-state index contributed by atoms with van der Waals surface area (Å²) in [5, 5.41) is 49.1. The highest BCUT2D eigenvalue weighted by Gasteiger charge is 2.60. The van der Waals surface area contributed by atoms with Crippen LogP contribution in [-0.2, 0) is 15.2 Å². The Bertz CT molecular complexity index is 734. The summed E-state index contributed by atoms with van der Waals surface area (Å²) in [5.74, 6) is 0. The van der Waals surface area contributed by atoms with Gasteiger partial charge in [0.1, 0.15) is 30.5 Å². The molecule has 1 aromatic heterocycles. The number of hydrogen-bond donors (Lipinski definition) is 6. The summed E-state index contributed by atoms with van der Waals surface area (Å²) in [7, 11) is 0. The smallest absolute Gasteiger partial charge is 0.330 e. The zero-order chi connectivity index (χ0) is 18.4. The van der Waals surface area contributed by atoms with E-state index < -0.39 is 66.8 Å². The standard InChI is InChI=1S/C14H20N2O9/c17-4-7-6(19)3-14(25-7,16-2-1-9(20)15-13(16)23)12-11(22)10(21)8(5-18)24-12/h1-2,6-8,10-12,17-19,21-22H,3-5H2,(H,15,20,23)/t6-,7+,8+,10+,11-,12?,14-/m0/s1. The first-order valence-corrected chi connectivity index (χ1v) is 7.75. The van der Waals surface area contributed by atoms with Gasteiger partial charge in [0, 0.05) is 18.7 Å². The Morgan fingerprint density at radius 1 is 1.16 bits per heavy atom. The molecule has 0 radical (unpaired) electrons. The van der Waals surface area contributed by atoms with Crippen molar-refractivity contribution in [2.24, 2.45) is 0 Å². The van der Waals surface area contributed by atoms with Crippen LogP contribution < -0.4 is 11.2 Å². The molecular formula is C14H20N2O9. The molecule has 2 fully saturated rings. The molecule has 7 atom stereocenters. The topological polar surface area (TPSA) is 174 Å². The van der Waals surface area contributed by atoms with Gasteiger partial charge in [-0.2, -0.15) is 0 Å². The van der Waals surface area contributed by atoms with Gasteiger partial charge in [0.05, 0.1) is 19.3 Å². The van der Waals surface area contributed by atoms with Crippen LogP contribution in [-0.4, -0.2) is 84.9 Å². The summed E-state index contributed by atoms with van der Waals surface area (Å²) in [6, 6.07) is 1.05. The molecule has 0 aliphatic carbocycles. The first-order chi connectivity index (χ1) is 11.8. The minimum Gasteiger partial charge on any atom is -0.394 e. The molecule has 3 heterocycles. The van der Waals surface area contributed by atoms with E-state index in [-0.39, 0.29) is 6.42 Å². The molecule has 0 bridgehead atoms. The molecule has 0 saturated carbocycles. The van der Waals surface area contributed by atoms with Gasteiger partial charge in [-0.1, -0.05) is 0 Å². The number of ether oxygens (including phenoxy) is 2. The summed E-state index contributed by atoms with van der Waals surface area (Å²) in [4.78, 5) is 25.6. The molecule has 0 spiro atoms. The number of nitrogens with zero attached hydrogens (tertiary/aromatic N) is 1. The lowest BCUT2D eigenvalue weighted by molar-refractivity contribution is -0.208. The maximum absolute atomic E-state index is 12.3. The molecule has 11 heteroatoms. The number of aliphatic hydroxyl groups is 5. The van der Waals surface area contributed by atoms with E-state index in [2.05, 4.69) is 0 Å². The third kappa shape index (κ3) is 2.83.